The fourth-order valence-electron chi connectivity index (χ4n) is 1.94. The number of hydrogen-bond donors (Lipinski definition) is 0. The van der Waals surface area contributed by atoms with Crippen LogP contribution in [0.3, 0.4) is 0 Å². The van der Waals surface area contributed by atoms with Gasteiger partial charge in [-0.15, -0.1) is 0 Å². The van der Waals surface area contributed by atoms with Crippen molar-refractivity contribution in [3.8, 4) is 0 Å². The number of carbonyl (C=O) groups excluding carboxylic acids is 1. The topological polar surface area (TPSA) is 29.5 Å². The molecule has 0 bridgehead atoms. The minimum absolute atomic E-state index is 0.0401. The fourth-order valence-corrected chi connectivity index (χ4v) is 1.94. The van der Waals surface area contributed by atoms with Gasteiger partial charge in [0.25, 0.3) is 0 Å². The van der Waals surface area contributed by atoms with Crippen LogP contribution >= 0.6 is 0 Å². The van der Waals surface area contributed by atoms with Crippen molar-refractivity contribution in [3.05, 3.63) is 34.9 Å². The van der Waals surface area contributed by atoms with Crippen LogP contribution in [0.5, 0.6) is 0 Å². The van der Waals surface area contributed by atoms with Gasteiger partial charge in [0.05, 0.1) is 26.2 Å². The summed E-state index contributed by atoms with van der Waals surface area (Å²) in [7, 11) is 0. The summed E-state index contributed by atoms with van der Waals surface area (Å²) in [5, 5.41) is 0. The van der Waals surface area contributed by atoms with E-state index in [0.717, 1.165) is 0 Å². The molecular formula is C13H15F2NO2. The molecule has 1 aliphatic rings. The zero-order valence-corrected chi connectivity index (χ0v) is 10.2. The molecule has 0 atom stereocenters. The van der Waals surface area contributed by atoms with Crippen molar-refractivity contribution in [1.29, 1.82) is 0 Å². The zero-order valence-electron chi connectivity index (χ0n) is 10.2. The molecule has 1 amide bonds. The number of ether oxygens (including phenoxy) is 1. The highest BCUT2D eigenvalue weighted by atomic mass is 19.1. The Bertz CT molecular complexity index is 463. The number of rotatable bonds is 2. The molecule has 1 saturated heterocycles. The van der Waals surface area contributed by atoms with Crippen LogP contribution in [0.4, 0.5) is 8.78 Å². The maximum atomic E-state index is 13.8. The Labute approximate surface area is 104 Å². The first-order valence-electron chi connectivity index (χ1n) is 5.88. The standard InChI is InChI=1S/C13H15F2NO2/c1-9-2-3-11(14)10(13(9)15)8-16-5-7-18-6-4-12(16)17/h2-3H,4-8H2,1H3. The lowest BCUT2D eigenvalue weighted by molar-refractivity contribution is -0.131. The second-order valence-corrected chi connectivity index (χ2v) is 4.33. The number of carbonyl (C=O) groups is 1. The molecule has 0 radical (unpaired) electrons. The van der Waals surface area contributed by atoms with Gasteiger partial charge in [0, 0.05) is 12.1 Å². The molecule has 18 heavy (non-hydrogen) atoms. The minimum Gasteiger partial charge on any atom is -0.379 e. The molecule has 3 nitrogen and oxygen atoms in total. The van der Waals surface area contributed by atoms with Gasteiger partial charge in [-0.3, -0.25) is 4.79 Å². The second kappa shape index (κ2) is 5.44. The lowest BCUT2D eigenvalue weighted by atomic mass is 10.1. The number of hydrogen-bond acceptors (Lipinski definition) is 2. The second-order valence-electron chi connectivity index (χ2n) is 4.33. The maximum absolute atomic E-state index is 13.8. The van der Waals surface area contributed by atoms with Crippen LogP contribution in [-0.4, -0.2) is 30.6 Å². The number of aryl methyl sites for hydroxylation is 1. The average molecular weight is 255 g/mol. The molecule has 0 saturated carbocycles. The number of nitrogens with zero attached hydrogens (tertiary/aromatic N) is 1. The maximum Gasteiger partial charge on any atom is 0.225 e. The molecule has 1 fully saturated rings. The first kappa shape index (κ1) is 13.0. The van der Waals surface area contributed by atoms with E-state index < -0.39 is 11.6 Å². The summed E-state index contributed by atoms with van der Waals surface area (Å²) in [5.74, 6) is -1.32. The summed E-state index contributed by atoms with van der Waals surface area (Å²) in [6.07, 6.45) is 0.259. The van der Waals surface area contributed by atoms with Gasteiger partial charge < -0.3 is 9.64 Å². The van der Waals surface area contributed by atoms with E-state index in [4.69, 9.17) is 4.74 Å². The van der Waals surface area contributed by atoms with Crippen LogP contribution in [0.25, 0.3) is 0 Å². The van der Waals surface area contributed by atoms with Gasteiger partial charge in [-0.25, -0.2) is 8.78 Å². The van der Waals surface area contributed by atoms with Crippen LogP contribution in [0.15, 0.2) is 12.1 Å². The van der Waals surface area contributed by atoms with Crippen LogP contribution in [0, 0.1) is 18.6 Å². The molecule has 0 aromatic heterocycles. The smallest absolute Gasteiger partial charge is 0.225 e. The summed E-state index contributed by atoms with van der Waals surface area (Å²) >= 11 is 0. The van der Waals surface area contributed by atoms with Crippen molar-refractivity contribution in [1.82, 2.24) is 4.90 Å². The fraction of sp³-hybridized carbons (Fsp3) is 0.462. The van der Waals surface area contributed by atoms with Crippen molar-refractivity contribution in [2.75, 3.05) is 19.8 Å². The van der Waals surface area contributed by atoms with Crippen LogP contribution < -0.4 is 0 Å². The van der Waals surface area contributed by atoms with Gasteiger partial charge in [0.2, 0.25) is 5.91 Å². The highest BCUT2D eigenvalue weighted by Gasteiger charge is 2.21. The van der Waals surface area contributed by atoms with Crippen molar-refractivity contribution in [3.63, 3.8) is 0 Å². The molecule has 0 aliphatic carbocycles. The van der Waals surface area contributed by atoms with Crippen LogP contribution in [0.2, 0.25) is 0 Å². The van der Waals surface area contributed by atoms with E-state index in [1.807, 2.05) is 0 Å². The molecule has 1 aliphatic heterocycles. The third-order valence-corrected chi connectivity index (χ3v) is 3.05. The quantitative estimate of drug-likeness (QED) is 0.809. The SMILES string of the molecule is Cc1ccc(F)c(CN2CCOCCC2=O)c1F. The Hall–Kier alpha value is -1.49. The Kier molecular flexibility index (Phi) is 3.91. The predicted molar refractivity (Wildman–Crippen MR) is 61.9 cm³/mol. The molecule has 1 aromatic carbocycles. The Morgan fingerprint density at radius 2 is 2.11 bits per heavy atom. The molecule has 0 spiro atoms. The molecular weight excluding hydrogens is 240 g/mol. The highest BCUT2D eigenvalue weighted by molar-refractivity contribution is 5.76. The average Bonchev–Trinajstić information content (AvgIpc) is 2.55. The van der Waals surface area contributed by atoms with Crippen LogP contribution in [-0.2, 0) is 16.1 Å². The van der Waals surface area contributed by atoms with E-state index in [2.05, 4.69) is 0 Å². The summed E-state index contributed by atoms with van der Waals surface area (Å²) < 4.78 is 32.6. The first-order chi connectivity index (χ1) is 8.59. The molecule has 2 rings (SSSR count). The predicted octanol–water partition coefficient (Wildman–Crippen LogP) is 2.02. The Balaban J connectivity index is 2.22. The van der Waals surface area contributed by atoms with Gasteiger partial charge in [-0.2, -0.15) is 0 Å². The summed E-state index contributed by atoms with van der Waals surface area (Å²) in [6.45, 7) is 2.67. The molecule has 1 heterocycles. The monoisotopic (exact) mass is 255 g/mol. The molecule has 0 N–H and O–H groups in total. The van der Waals surface area contributed by atoms with Crippen LogP contribution in [0.1, 0.15) is 17.5 Å². The normalized spacial score (nSPS) is 16.8. The molecule has 0 unspecified atom stereocenters. The van der Waals surface area contributed by atoms with Gasteiger partial charge in [-0.1, -0.05) is 6.07 Å². The Morgan fingerprint density at radius 1 is 1.33 bits per heavy atom. The van der Waals surface area contributed by atoms with Crippen molar-refractivity contribution < 1.29 is 18.3 Å². The highest BCUT2D eigenvalue weighted by Crippen LogP contribution is 2.19. The first-order valence-corrected chi connectivity index (χ1v) is 5.88. The van der Waals surface area contributed by atoms with Gasteiger partial charge in [0.15, 0.2) is 0 Å². The molecule has 98 valence electrons. The number of amides is 1. The summed E-state index contributed by atoms with van der Waals surface area (Å²) in [6, 6.07) is 2.62. The third kappa shape index (κ3) is 2.67. The van der Waals surface area contributed by atoms with E-state index in [-0.39, 0.29) is 24.4 Å². The van der Waals surface area contributed by atoms with Crippen molar-refractivity contribution in [2.45, 2.75) is 19.9 Å². The van der Waals surface area contributed by atoms with E-state index in [9.17, 15) is 13.6 Å². The lowest BCUT2D eigenvalue weighted by Crippen LogP contribution is -2.32. The summed E-state index contributed by atoms with van der Waals surface area (Å²) in [5.41, 5.74) is 0.329. The van der Waals surface area contributed by atoms with Crippen molar-refractivity contribution in [2.24, 2.45) is 0 Å². The van der Waals surface area contributed by atoms with E-state index in [0.29, 0.717) is 25.3 Å². The zero-order chi connectivity index (χ0) is 13.1. The van der Waals surface area contributed by atoms with Gasteiger partial charge >= 0.3 is 0 Å². The number of halogens is 2. The molecule has 1 aromatic rings. The van der Waals surface area contributed by atoms with E-state index in [1.54, 1.807) is 6.92 Å². The van der Waals surface area contributed by atoms with E-state index in [1.165, 1.54) is 17.0 Å². The largest absolute Gasteiger partial charge is 0.379 e. The van der Waals surface area contributed by atoms with Crippen molar-refractivity contribution >= 4 is 5.91 Å². The minimum atomic E-state index is -0.615. The van der Waals surface area contributed by atoms with Gasteiger partial charge in [-0.05, 0) is 18.6 Å². The van der Waals surface area contributed by atoms with Gasteiger partial charge in [0.1, 0.15) is 11.6 Å². The lowest BCUT2D eigenvalue weighted by Gasteiger charge is -2.20. The third-order valence-electron chi connectivity index (χ3n) is 3.05. The Morgan fingerprint density at radius 3 is 2.89 bits per heavy atom. The summed E-state index contributed by atoms with van der Waals surface area (Å²) in [4.78, 5) is 13.2. The molecule has 5 heteroatoms. The van der Waals surface area contributed by atoms with E-state index >= 15 is 0 Å². The number of benzene rings is 1.